The number of likely N-dealkylation sites (tertiary alicyclic amines) is 1. The first kappa shape index (κ1) is 17.0. The topological polar surface area (TPSA) is 50.9 Å². The molecule has 0 amide bonds. The number of ether oxygens (including phenoxy) is 1. The van der Waals surface area contributed by atoms with Crippen LogP contribution in [0, 0.1) is 0 Å². The van der Waals surface area contributed by atoms with Gasteiger partial charge in [0.1, 0.15) is 0 Å². The molecule has 0 bridgehead atoms. The van der Waals surface area contributed by atoms with Crippen LogP contribution in [0.25, 0.3) is 0 Å². The third-order valence-corrected chi connectivity index (χ3v) is 3.10. The fourth-order valence-electron chi connectivity index (χ4n) is 1.74. The maximum Gasteiger partial charge on any atom is 0.191 e. The Kier molecular flexibility index (Phi) is 8.11. The van der Waals surface area contributed by atoms with E-state index in [1.165, 1.54) is 25.7 Å². The summed E-state index contributed by atoms with van der Waals surface area (Å²) in [5.41, 5.74) is 5.77. The minimum Gasteiger partial charge on any atom is -0.377 e. The highest BCUT2D eigenvalue weighted by molar-refractivity contribution is 14.0. The Morgan fingerprint density at radius 1 is 1.24 bits per heavy atom. The predicted molar refractivity (Wildman–Crippen MR) is 83.0 cm³/mol. The maximum absolute atomic E-state index is 6.00. The SMILES string of the molecule is COC(C)(C)CN=C(N)N1CCCCCC1.I. The second-order valence-corrected chi connectivity index (χ2v) is 5.04. The third kappa shape index (κ3) is 6.45. The van der Waals surface area contributed by atoms with E-state index in [4.69, 9.17) is 10.5 Å². The molecule has 1 fully saturated rings. The van der Waals surface area contributed by atoms with E-state index >= 15 is 0 Å². The van der Waals surface area contributed by atoms with Gasteiger partial charge in [0, 0.05) is 20.2 Å². The summed E-state index contributed by atoms with van der Waals surface area (Å²) >= 11 is 0. The molecule has 102 valence electrons. The summed E-state index contributed by atoms with van der Waals surface area (Å²) in [6.45, 7) is 6.75. The van der Waals surface area contributed by atoms with Crippen LogP contribution in [0.2, 0.25) is 0 Å². The van der Waals surface area contributed by atoms with Gasteiger partial charge in [-0.25, -0.2) is 0 Å². The van der Waals surface area contributed by atoms with Gasteiger partial charge in [0.15, 0.2) is 5.96 Å². The Hall–Kier alpha value is -0.0400. The molecule has 0 unspecified atom stereocenters. The van der Waals surface area contributed by atoms with E-state index in [2.05, 4.69) is 9.89 Å². The van der Waals surface area contributed by atoms with Crippen molar-refractivity contribution in [2.45, 2.75) is 45.1 Å². The van der Waals surface area contributed by atoms with Crippen LogP contribution in [0.4, 0.5) is 0 Å². The second kappa shape index (κ2) is 8.13. The molecular formula is C12H26IN3O. The van der Waals surface area contributed by atoms with Crippen LogP contribution in [0.5, 0.6) is 0 Å². The Morgan fingerprint density at radius 3 is 2.24 bits per heavy atom. The Balaban J connectivity index is 0.00000256. The largest absolute Gasteiger partial charge is 0.377 e. The van der Waals surface area contributed by atoms with Crippen LogP contribution >= 0.6 is 24.0 Å². The first-order valence-electron chi connectivity index (χ1n) is 6.15. The second-order valence-electron chi connectivity index (χ2n) is 5.04. The molecular weight excluding hydrogens is 329 g/mol. The summed E-state index contributed by atoms with van der Waals surface area (Å²) < 4.78 is 5.32. The fraction of sp³-hybridized carbons (Fsp3) is 0.917. The van der Waals surface area contributed by atoms with E-state index in [9.17, 15) is 0 Å². The lowest BCUT2D eigenvalue weighted by molar-refractivity contribution is 0.0309. The smallest absolute Gasteiger partial charge is 0.191 e. The van der Waals surface area contributed by atoms with Gasteiger partial charge in [-0.1, -0.05) is 12.8 Å². The van der Waals surface area contributed by atoms with Crippen molar-refractivity contribution in [3.8, 4) is 0 Å². The van der Waals surface area contributed by atoms with E-state index in [0.29, 0.717) is 12.5 Å². The van der Waals surface area contributed by atoms with Gasteiger partial charge in [0.25, 0.3) is 0 Å². The lowest BCUT2D eigenvalue weighted by Gasteiger charge is -2.24. The molecule has 2 N–H and O–H groups in total. The highest BCUT2D eigenvalue weighted by Crippen LogP contribution is 2.11. The van der Waals surface area contributed by atoms with Crippen molar-refractivity contribution >= 4 is 29.9 Å². The molecule has 0 radical (unpaired) electrons. The number of methoxy groups -OCH3 is 1. The molecule has 0 aliphatic carbocycles. The normalized spacial score (nSPS) is 18.5. The molecule has 0 spiro atoms. The van der Waals surface area contributed by atoms with Crippen LogP contribution in [0.15, 0.2) is 4.99 Å². The molecule has 0 aromatic carbocycles. The van der Waals surface area contributed by atoms with Gasteiger partial charge >= 0.3 is 0 Å². The van der Waals surface area contributed by atoms with Crippen LogP contribution in [-0.2, 0) is 4.74 Å². The molecule has 1 heterocycles. The van der Waals surface area contributed by atoms with E-state index < -0.39 is 0 Å². The number of aliphatic imine (C=N–C) groups is 1. The molecule has 5 heteroatoms. The minimum atomic E-state index is -0.226. The molecule has 0 saturated carbocycles. The summed E-state index contributed by atoms with van der Waals surface area (Å²) in [6.07, 6.45) is 5.08. The van der Waals surface area contributed by atoms with E-state index in [1.807, 2.05) is 13.8 Å². The van der Waals surface area contributed by atoms with Crippen molar-refractivity contribution in [1.29, 1.82) is 0 Å². The van der Waals surface area contributed by atoms with Gasteiger partial charge in [0.05, 0.1) is 12.1 Å². The summed E-state index contributed by atoms with van der Waals surface area (Å²) in [7, 11) is 1.71. The van der Waals surface area contributed by atoms with Crippen molar-refractivity contribution in [2.24, 2.45) is 10.7 Å². The Labute approximate surface area is 122 Å². The van der Waals surface area contributed by atoms with Gasteiger partial charge in [-0.15, -0.1) is 24.0 Å². The zero-order valence-corrected chi connectivity index (χ0v) is 13.6. The summed E-state index contributed by atoms with van der Waals surface area (Å²) in [6, 6.07) is 0. The van der Waals surface area contributed by atoms with Crippen molar-refractivity contribution in [3.05, 3.63) is 0 Å². The van der Waals surface area contributed by atoms with Gasteiger partial charge in [-0.3, -0.25) is 4.99 Å². The molecule has 17 heavy (non-hydrogen) atoms. The minimum absolute atomic E-state index is 0. The number of halogens is 1. The lowest BCUT2D eigenvalue weighted by atomic mass is 10.1. The summed E-state index contributed by atoms with van der Waals surface area (Å²) in [5, 5.41) is 0. The average Bonchev–Trinajstić information content (AvgIpc) is 2.54. The number of rotatable bonds is 3. The zero-order chi connectivity index (χ0) is 12.0. The lowest BCUT2D eigenvalue weighted by Crippen LogP contribution is -2.39. The van der Waals surface area contributed by atoms with Crippen LogP contribution < -0.4 is 5.73 Å². The molecule has 1 aliphatic heterocycles. The predicted octanol–water partition coefficient (Wildman–Crippen LogP) is 2.22. The number of guanidine groups is 1. The van der Waals surface area contributed by atoms with Crippen molar-refractivity contribution in [2.75, 3.05) is 26.7 Å². The monoisotopic (exact) mass is 355 g/mol. The van der Waals surface area contributed by atoms with E-state index in [1.54, 1.807) is 7.11 Å². The Morgan fingerprint density at radius 2 is 1.76 bits per heavy atom. The molecule has 1 aliphatic rings. The van der Waals surface area contributed by atoms with Crippen molar-refractivity contribution < 1.29 is 4.74 Å². The first-order chi connectivity index (χ1) is 7.55. The van der Waals surface area contributed by atoms with Gasteiger partial charge in [-0.05, 0) is 26.7 Å². The first-order valence-corrected chi connectivity index (χ1v) is 6.15. The average molecular weight is 355 g/mol. The number of hydrogen-bond acceptors (Lipinski definition) is 2. The number of nitrogens with zero attached hydrogens (tertiary/aromatic N) is 2. The molecule has 0 aromatic rings. The van der Waals surface area contributed by atoms with Gasteiger partial charge < -0.3 is 15.4 Å². The molecule has 0 atom stereocenters. The van der Waals surface area contributed by atoms with E-state index in [-0.39, 0.29) is 29.6 Å². The fourth-order valence-corrected chi connectivity index (χ4v) is 1.74. The number of nitrogens with two attached hydrogens (primary N) is 1. The molecule has 0 aromatic heterocycles. The quantitative estimate of drug-likeness (QED) is 0.480. The highest BCUT2D eigenvalue weighted by Gasteiger charge is 2.17. The molecule has 1 saturated heterocycles. The van der Waals surface area contributed by atoms with Crippen LogP contribution in [0.3, 0.4) is 0 Å². The summed E-state index contributed by atoms with van der Waals surface area (Å²) in [4.78, 5) is 6.62. The maximum atomic E-state index is 6.00. The molecule has 1 rings (SSSR count). The third-order valence-electron chi connectivity index (χ3n) is 3.10. The number of hydrogen-bond donors (Lipinski definition) is 1. The van der Waals surface area contributed by atoms with Crippen LogP contribution in [0.1, 0.15) is 39.5 Å². The van der Waals surface area contributed by atoms with Gasteiger partial charge in [0.2, 0.25) is 0 Å². The van der Waals surface area contributed by atoms with E-state index in [0.717, 1.165) is 13.1 Å². The van der Waals surface area contributed by atoms with Crippen LogP contribution in [-0.4, -0.2) is 43.2 Å². The standard InChI is InChI=1S/C12H25N3O.HI/c1-12(2,16-3)10-14-11(13)15-8-6-4-5-7-9-15;/h4-10H2,1-3H3,(H2,13,14);1H. The zero-order valence-electron chi connectivity index (χ0n) is 11.2. The highest BCUT2D eigenvalue weighted by atomic mass is 127. The molecule has 4 nitrogen and oxygen atoms in total. The van der Waals surface area contributed by atoms with Crippen molar-refractivity contribution in [1.82, 2.24) is 4.90 Å². The van der Waals surface area contributed by atoms with Gasteiger partial charge in [-0.2, -0.15) is 0 Å². The van der Waals surface area contributed by atoms with Crippen molar-refractivity contribution in [3.63, 3.8) is 0 Å². The summed E-state index contributed by atoms with van der Waals surface area (Å²) in [5.74, 6) is 0.673. The Bertz CT molecular complexity index is 236.